The first kappa shape index (κ1) is 72.8. The highest BCUT2D eigenvalue weighted by Gasteiger charge is 2.19. The fourth-order valence-electron chi connectivity index (χ4n) is 8.73. The van der Waals surface area contributed by atoms with Gasteiger partial charge in [0.05, 0.1) is 0 Å². The van der Waals surface area contributed by atoms with Gasteiger partial charge < -0.3 is 14.2 Å². The molecule has 0 rings (SSSR count). The second-order valence-corrected chi connectivity index (χ2v) is 20.9. The molecule has 0 aromatic carbocycles. The van der Waals surface area contributed by atoms with Crippen molar-refractivity contribution in [2.24, 2.45) is 0 Å². The van der Waals surface area contributed by atoms with Crippen molar-refractivity contribution in [1.29, 1.82) is 0 Å². The van der Waals surface area contributed by atoms with Crippen molar-refractivity contribution in [3.05, 3.63) is 122 Å². The van der Waals surface area contributed by atoms with E-state index in [0.29, 0.717) is 19.3 Å². The predicted octanol–water partition coefficient (Wildman–Crippen LogP) is 22.0. The van der Waals surface area contributed by atoms with Gasteiger partial charge in [0.15, 0.2) is 6.10 Å². The summed E-state index contributed by atoms with van der Waals surface area (Å²) in [6.07, 6.45) is 89.2. The Morgan fingerprint density at radius 3 is 0.792 bits per heavy atom. The Kier molecular flexibility index (Phi) is 60.8. The minimum Gasteiger partial charge on any atom is -0.462 e. The maximum atomic E-state index is 12.9. The maximum Gasteiger partial charge on any atom is 0.306 e. The van der Waals surface area contributed by atoms with Crippen molar-refractivity contribution in [2.45, 2.75) is 297 Å². The number of esters is 3. The summed E-state index contributed by atoms with van der Waals surface area (Å²) < 4.78 is 16.9. The minimum atomic E-state index is -0.792. The molecule has 1 unspecified atom stereocenters. The van der Waals surface area contributed by atoms with Crippen LogP contribution in [0.15, 0.2) is 122 Å². The van der Waals surface area contributed by atoms with E-state index in [1.165, 1.54) is 109 Å². The highest BCUT2D eigenvalue weighted by molar-refractivity contribution is 5.71. The molecule has 0 aliphatic heterocycles. The number of allylic oxidation sites excluding steroid dienone is 20. The van der Waals surface area contributed by atoms with Gasteiger partial charge in [0.2, 0.25) is 0 Å². The van der Waals surface area contributed by atoms with E-state index in [0.717, 1.165) is 141 Å². The fourth-order valence-corrected chi connectivity index (χ4v) is 8.73. The zero-order valence-electron chi connectivity index (χ0n) is 50.2. The van der Waals surface area contributed by atoms with Gasteiger partial charge in [0, 0.05) is 19.3 Å². The van der Waals surface area contributed by atoms with Crippen LogP contribution in [-0.2, 0) is 28.6 Å². The third-order valence-corrected chi connectivity index (χ3v) is 13.5. The maximum absolute atomic E-state index is 12.9. The standard InChI is InChI=1S/C71H118O6/c1-4-7-10-13-16-19-22-24-26-28-30-32-33-34-35-36-37-39-40-42-44-46-49-52-55-58-61-64-70(73)76-67-68(66-75-69(72)63-60-57-54-51-48-21-18-15-12-9-6-3)77-71(74)65-62-59-56-53-50-47-45-43-41-38-31-29-27-25-23-20-17-14-11-8-5-2/h7-8,10-11,16-17,19-20,24-27,30-32,34-35,38,43,45,68H,4-6,9,12-15,18,21-23,28-29,33,36-37,39-42,44,46-67H2,1-3H3/b10-7-,11-8-,19-16-,20-17-,26-24-,27-25-,32-30-,35-34-,38-31-,45-43-. The molecular formula is C71H118O6. The van der Waals surface area contributed by atoms with Crippen LogP contribution in [0.2, 0.25) is 0 Å². The van der Waals surface area contributed by atoms with Gasteiger partial charge in [-0.05, 0) is 109 Å². The Balaban J connectivity index is 4.32. The Hall–Kier alpha value is -4.19. The van der Waals surface area contributed by atoms with Crippen molar-refractivity contribution < 1.29 is 28.6 Å². The third-order valence-electron chi connectivity index (χ3n) is 13.5. The Morgan fingerprint density at radius 1 is 0.273 bits per heavy atom. The van der Waals surface area contributed by atoms with E-state index in [4.69, 9.17) is 14.2 Å². The lowest BCUT2D eigenvalue weighted by Gasteiger charge is -2.18. The fraction of sp³-hybridized carbons (Fsp3) is 0.676. The number of carbonyl (C=O) groups is 3. The van der Waals surface area contributed by atoms with Gasteiger partial charge >= 0.3 is 17.9 Å². The van der Waals surface area contributed by atoms with Crippen LogP contribution in [0.1, 0.15) is 290 Å². The van der Waals surface area contributed by atoms with Crippen molar-refractivity contribution in [3.63, 3.8) is 0 Å². The SMILES string of the molecule is CC/C=C\C/C=C\C/C=C\C/C=C\C/C=C\CCCCCCCCCCCCCC(=O)OCC(COC(=O)CCCCCCCCCCCCC)OC(=O)CCCCCCC/C=C\C/C=C\C/C=C\C/C=C\C/C=C\CC. The Morgan fingerprint density at radius 2 is 0.506 bits per heavy atom. The summed E-state index contributed by atoms with van der Waals surface area (Å²) >= 11 is 0. The molecule has 0 aromatic rings. The molecule has 77 heavy (non-hydrogen) atoms. The molecule has 0 aromatic heterocycles. The van der Waals surface area contributed by atoms with Crippen molar-refractivity contribution in [1.82, 2.24) is 0 Å². The largest absolute Gasteiger partial charge is 0.462 e. The highest BCUT2D eigenvalue weighted by Crippen LogP contribution is 2.16. The number of hydrogen-bond acceptors (Lipinski definition) is 6. The molecule has 0 saturated carbocycles. The summed E-state index contributed by atoms with van der Waals surface area (Å²) in [5.74, 6) is -0.904. The first-order chi connectivity index (χ1) is 38.0. The molecule has 0 aliphatic carbocycles. The summed E-state index contributed by atoms with van der Waals surface area (Å²) in [7, 11) is 0. The minimum absolute atomic E-state index is 0.0865. The van der Waals surface area contributed by atoms with E-state index >= 15 is 0 Å². The molecule has 0 heterocycles. The monoisotopic (exact) mass is 1070 g/mol. The number of hydrogen-bond donors (Lipinski definition) is 0. The van der Waals surface area contributed by atoms with Crippen LogP contribution in [0.5, 0.6) is 0 Å². The van der Waals surface area contributed by atoms with Gasteiger partial charge in [-0.15, -0.1) is 0 Å². The lowest BCUT2D eigenvalue weighted by molar-refractivity contribution is -0.167. The van der Waals surface area contributed by atoms with Crippen molar-refractivity contribution in [2.75, 3.05) is 13.2 Å². The molecule has 0 amide bonds. The molecule has 0 aliphatic rings. The number of ether oxygens (including phenoxy) is 3. The van der Waals surface area contributed by atoms with E-state index in [-0.39, 0.29) is 31.1 Å². The van der Waals surface area contributed by atoms with E-state index in [1.807, 2.05) is 0 Å². The Bertz CT molecular complexity index is 1600. The molecule has 1 atom stereocenters. The van der Waals surface area contributed by atoms with Crippen LogP contribution in [0.25, 0.3) is 0 Å². The van der Waals surface area contributed by atoms with E-state index in [2.05, 4.69) is 142 Å². The summed E-state index contributed by atoms with van der Waals surface area (Å²) in [5, 5.41) is 0. The topological polar surface area (TPSA) is 78.9 Å². The van der Waals surface area contributed by atoms with Crippen LogP contribution in [-0.4, -0.2) is 37.2 Å². The number of unbranched alkanes of at least 4 members (excludes halogenated alkanes) is 26. The van der Waals surface area contributed by atoms with Crippen LogP contribution >= 0.6 is 0 Å². The average Bonchev–Trinajstić information content (AvgIpc) is 3.43. The van der Waals surface area contributed by atoms with Crippen molar-refractivity contribution >= 4 is 17.9 Å². The molecule has 438 valence electrons. The lowest BCUT2D eigenvalue weighted by atomic mass is 10.0. The molecule has 0 N–H and O–H groups in total. The summed E-state index contributed by atoms with van der Waals surface area (Å²) in [6.45, 7) is 6.40. The summed E-state index contributed by atoms with van der Waals surface area (Å²) in [5.41, 5.74) is 0. The molecule has 6 nitrogen and oxygen atoms in total. The van der Waals surface area contributed by atoms with Crippen LogP contribution in [0.4, 0.5) is 0 Å². The lowest BCUT2D eigenvalue weighted by Crippen LogP contribution is -2.30. The van der Waals surface area contributed by atoms with Crippen LogP contribution in [0, 0.1) is 0 Å². The summed E-state index contributed by atoms with van der Waals surface area (Å²) in [6, 6.07) is 0. The molecular weight excluding hydrogens is 949 g/mol. The molecule has 0 fully saturated rings. The molecule has 0 saturated heterocycles. The second-order valence-electron chi connectivity index (χ2n) is 20.9. The quantitative estimate of drug-likeness (QED) is 0.0261. The van der Waals surface area contributed by atoms with Gasteiger partial charge in [-0.2, -0.15) is 0 Å². The zero-order chi connectivity index (χ0) is 55.7. The van der Waals surface area contributed by atoms with E-state index in [9.17, 15) is 14.4 Å². The predicted molar refractivity (Wildman–Crippen MR) is 334 cm³/mol. The zero-order valence-corrected chi connectivity index (χ0v) is 50.2. The molecule has 6 heteroatoms. The number of rotatable bonds is 57. The molecule has 0 spiro atoms. The first-order valence-electron chi connectivity index (χ1n) is 32.0. The summed E-state index contributed by atoms with van der Waals surface area (Å²) in [4.78, 5) is 38.3. The smallest absolute Gasteiger partial charge is 0.306 e. The van der Waals surface area contributed by atoms with Gasteiger partial charge in [0.1, 0.15) is 13.2 Å². The highest BCUT2D eigenvalue weighted by atomic mass is 16.6. The van der Waals surface area contributed by atoms with Crippen molar-refractivity contribution in [3.8, 4) is 0 Å². The first-order valence-corrected chi connectivity index (χ1v) is 32.0. The second kappa shape index (κ2) is 64.3. The van der Waals surface area contributed by atoms with Gasteiger partial charge in [0.25, 0.3) is 0 Å². The third kappa shape index (κ3) is 62.5. The van der Waals surface area contributed by atoms with Crippen LogP contribution < -0.4 is 0 Å². The van der Waals surface area contributed by atoms with Crippen LogP contribution in [0.3, 0.4) is 0 Å². The average molecular weight is 1070 g/mol. The van der Waals surface area contributed by atoms with Gasteiger partial charge in [-0.25, -0.2) is 0 Å². The van der Waals surface area contributed by atoms with E-state index < -0.39 is 6.10 Å². The molecule has 0 bridgehead atoms. The van der Waals surface area contributed by atoms with Gasteiger partial charge in [-0.1, -0.05) is 284 Å². The Labute approximate surface area is 475 Å². The molecule has 0 radical (unpaired) electrons. The normalized spacial score (nSPS) is 12.9. The number of carbonyl (C=O) groups excluding carboxylic acids is 3. The van der Waals surface area contributed by atoms with E-state index in [1.54, 1.807) is 0 Å². The van der Waals surface area contributed by atoms with Gasteiger partial charge in [-0.3, -0.25) is 14.4 Å².